The van der Waals surface area contributed by atoms with Crippen LogP contribution in [0.15, 0.2) is 24.3 Å². The van der Waals surface area contributed by atoms with E-state index in [1.165, 1.54) is 0 Å². The van der Waals surface area contributed by atoms with Crippen molar-refractivity contribution in [1.82, 2.24) is 10.6 Å². The molecule has 2 amide bonds. The van der Waals surface area contributed by atoms with Gasteiger partial charge in [-0.2, -0.15) is 0 Å². The molecule has 0 aliphatic carbocycles. The highest BCUT2D eigenvalue weighted by atomic mass is 16.4. The molecule has 0 fully saturated rings. The zero-order valence-electron chi connectivity index (χ0n) is 14.6. The molecule has 1 aromatic carbocycles. The molecule has 0 aromatic heterocycles. The quantitative estimate of drug-likeness (QED) is 0.678. The van der Waals surface area contributed by atoms with Crippen molar-refractivity contribution < 1.29 is 19.5 Å². The van der Waals surface area contributed by atoms with E-state index >= 15 is 0 Å². The van der Waals surface area contributed by atoms with E-state index in [1.807, 2.05) is 32.9 Å². The number of carbonyl (C=O) groups is 3. The molecule has 0 saturated carbocycles. The van der Waals surface area contributed by atoms with Crippen LogP contribution < -0.4 is 10.6 Å². The molecule has 24 heavy (non-hydrogen) atoms. The minimum Gasteiger partial charge on any atom is -0.480 e. The van der Waals surface area contributed by atoms with Crippen LogP contribution in [0, 0.1) is 12.8 Å². The molecule has 0 radical (unpaired) electrons. The lowest BCUT2D eigenvalue weighted by molar-refractivity contribution is -0.142. The number of hydrogen-bond donors (Lipinski definition) is 3. The molecular formula is C18H26N2O4. The smallest absolute Gasteiger partial charge is 0.326 e. The predicted molar refractivity (Wildman–Crippen MR) is 91.7 cm³/mol. The Morgan fingerprint density at radius 3 is 2.21 bits per heavy atom. The number of nitrogens with one attached hydrogen (secondary N) is 2. The molecule has 0 heterocycles. The molecule has 132 valence electrons. The third-order valence-electron chi connectivity index (χ3n) is 3.74. The summed E-state index contributed by atoms with van der Waals surface area (Å²) in [6, 6.07) is 5.39. The fourth-order valence-corrected chi connectivity index (χ4v) is 2.38. The monoisotopic (exact) mass is 334 g/mol. The van der Waals surface area contributed by atoms with E-state index in [-0.39, 0.29) is 18.2 Å². The van der Waals surface area contributed by atoms with Crippen LogP contribution in [0.25, 0.3) is 0 Å². The lowest BCUT2D eigenvalue weighted by Crippen LogP contribution is -2.52. The Kier molecular flexibility index (Phi) is 7.42. The second-order valence-electron chi connectivity index (χ2n) is 6.28. The number of rotatable bonds is 8. The number of aryl methyl sites for hydroxylation is 1. The minimum absolute atomic E-state index is 0.169. The summed E-state index contributed by atoms with van der Waals surface area (Å²) in [5.41, 5.74) is 1.32. The van der Waals surface area contributed by atoms with Crippen LogP contribution in [-0.4, -0.2) is 35.0 Å². The summed E-state index contributed by atoms with van der Waals surface area (Å²) < 4.78 is 0. The summed E-state index contributed by atoms with van der Waals surface area (Å²) >= 11 is 0. The molecule has 1 aromatic rings. The normalized spacial score (nSPS) is 13.2. The topological polar surface area (TPSA) is 95.5 Å². The van der Waals surface area contributed by atoms with E-state index in [9.17, 15) is 14.4 Å². The molecule has 0 aliphatic heterocycles. The maximum Gasteiger partial charge on any atom is 0.326 e. The molecule has 0 saturated heterocycles. The van der Waals surface area contributed by atoms with Crippen molar-refractivity contribution in [2.75, 3.05) is 0 Å². The fraction of sp³-hybridized carbons (Fsp3) is 0.500. The van der Waals surface area contributed by atoms with Gasteiger partial charge < -0.3 is 15.7 Å². The van der Waals surface area contributed by atoms with Crippen molar-refractivity contribution in [2.45, 2.75) is 52.6 Å². The second-order valence-corrected chi connectivity index (χ2v) is 6.28. The summed E-state index contributed by atoms with van der Waals surface area (Å²) in [4.78, 5) is 36.0. The molecule has 0 bridgehead atoms. The Bertz CT molecular complexity index is 598. The maximum atomic E-state index is 12.4. The first-order chi connectivity index (χ1) is 11.3. The van der Waals surface area contributed by atoms with E-state index in [0.29, 0.717) is 12.0 Å². The zero-order chi connectivity index (χ0) is 18.3. The lowest BCUT2D eigenvalue weighted by Gasteiger charge is -2.22. The van der Waals surface area contributed by atoms with Gasteiger partial charge in [0.1, 0.15) is 12.1 Å². The van der Waals surface area contributed by atoms with Crippen LogP contribution >= 0.6 is 0 Å². The van der Waals surface area contributed by atoms with Gasteiger partial charge in [0.15, 0.2) is 0 Å². The van der Waals surface area contributed by atoms with Crippen LogP contribution in [-0.2, 0) is 9.59 Å². The average Bonchev–Trinajstić information content (AvgIpc) is 2.51. The third-order valence-corrected chi connectivity index (χ3v) is 3.74. The average molecular weight is 334 g/mol. The first-order valence-electron chi connectivity index (χ1n) is 8.15. The van der Waals surface area contributed by atoms with Gasteiger partial charge in [-0.15, -0.1) is 0 Å². The first-order valence-corrected chi connectivity index (χ1v) is 8.15. The third kappa shape index (κ3) is 5.68. The number of amides is 2. The molecular weight excluding hydrogens is 308 g/mol. The van der Waals surface area contributed by atoms with Gasteiger partial charge in [-0.3, -0.25) is 9.59 Å². The summed E-state index contributed by atoms with van der Waals surface area (Å²) in [6.45, 7) is 7.38. The second kappa shape index (κ2) is 9.05. The van der Waals surface area contributed by atoms with Gasteiger partial charge in [-0.25, -0.2) is 4.79 Å². The molecule has 1 rings (SSSR count). The van der Waals surface area contributed by atoms with E-state index in [2.05, 4.69) is 10.6 Å². The van der Waals surface area contributed by atoms with E-state index in [0.717, 1.165) is 5.56 Å². The Morgan fingerprint density at radius 2 is 1.71 bits per heavy atom. The Morgan fingerprint density at radius 1 is 1.08 bits per heavy atom. The van der Waals surface area contributed by atoms with Gasteiger partial charge in [-0.05, 0) is 37.3 Å². The molecule has 6 nitrogen and oxygen atoms in total. The molecule has 2 atom stereocenters. The van der Waals surface area contributed by atoms with Gasteiger partial charge in [0.25, 0.3) is 5.91 Å². The summed E-state index contributed by atoms with van der Waals surface area (Å²) in [7, 11) is 0. The molecule has 6 heteroatoms. The number of carboxylic acid groups (broad SMARTS) is 1. The predicted octanol–water partition coefficient (Wildman–Crippen LogP) is 2.12. The van der Waals surface area contributed by atoms with Crippen LogP contribution in [0.1, 0.15) is 49.5 Å². The van der Waals surface area contributed by atoms with Gasteiger partial charge >= 0.3 is 5.97 Å². The van der Waals surface area contributed by atoms with Crippen molar-refractivity contribution in [3.8, 4) is 0 Å². The zero-order valence-corrected chi connectivity index (χ0v) is 14.6. The van der Waals surface area contributed by atoms with Gasteiger partial charge in [-0.1, -0.05) is 39.0 Å². The largest absolute Gasteiger partial charge is 0.480 e. The van der Waals surface area contributed by atoms with Gasteiger partial charge in [0.2, 0.25) is 5.91 Å². The van der Waals surface area contributed by atoms with Gasteiger partial charge in [0, 0.05) is 5.56 Å². The molecule has 0 aliphatic rings. The Labute approximate surface area is 142 Å². The highest BCUT2D eigenvalue weighted by Crippen LogP contribution is 2.10. The highest BCUT2D eigenvalue weighted by Gasteiger charge is 2.26. The van der Waals surface area contributed by atoms with Gasteiger partial charge in [0.05, 0.1) is 0 Å². The standard InChI is InChI=1S/C18H26N2O4/c1-5-14(18(23)24)19-17(22)15(10-11(2)3)20-16(21)13-9-7-6-8-12(13)4/h6-9,11,14-15H,5,10H2,1-4H3,(H,19,22)(H,20,21)(H,23,24). The Balaban J connectivity index is 2.89. The molecule has 2 unspecified atom stereocenters. The van der Waals surface area contributed by atoms with Crippen molar-refractivity contribution in [2.24, 2.45) is 5.92 Å². The van der Waals surface area contributed by atoms with Crippen molar-refractivity contribution >= 4 is 17.8 Å². The number of benzene rings is 1. The van der Waals surface area contributed by atoms with Crippen LogP contribution in [0.2, 0.25) is 0 Å². The number of carboxylic acids is 1. The lowest BCUT2D eigenvalue weighted by atomic mass is 10.0. The SMILES string of the molecule is CCC(NC(=O)C(CC(C)C)NC(=O)c1ccccc1C)C(=O)O. The Hall–Kier alpha value is -2.37. The molecule has 0 spiro atoms. The number of aliphatic carboxylic acids is 1. The van der Waals surface area contributed by atoms with Crippen molar-refractivity contribution in [1.29, 1.82) is 0 Å². The van der Waals surface area contributed by atoms with Crippen LogP contribution in [0.3, 0.4) is 0 Å². The van der Waals surface area contributed by atoms with Crippen LogP contribution in [0.5, 0.6) is 0 Å². The van der Waals surface area contributed by atoms with Crippen molar-refractivity contribution in [3.05, 3.63) is 35.4 Å². The van der Waals surface area contributed by atoms with Crippen molar-refractivity contribution in [3.63, 3.8) is 0 Å². The summed E-state index contributed by atoms with van der Waals surface area (Å²) in [5.74, 6) is -1.72. The summed E-state index contributed by atoms with van der Waals surface area (Å²) in [5, 5.41) is 14.3. The van der Waals surface area contributed by atoms with E-state index in [4.69, 9.17) is 5.11 Å². The fourth-order valence-electron chi connectivity index (χ4n) is 2.38. The first kappa shape index (κ1) is 19.7. The number of hydrogen-bond acceptors (Lipinski definition) is 3. The van der Waals surface area contributed by atoms with E-state index < -0.39 is 24.0 Å². The minimum atomic E-state index is -1.08. The number of carbonyl (C=O) groups excluding carboxylic acids is 2. The van der Waals surface area contributed by atoms with E-state index in [1.54, 1.807) is 19.1 Å². The highest BCUT2D eigenvalue weighted by molar-refractivity contribution is 5.99. The molecule has 3 N–H and O–H groups in total. The summed E-state index contributed by atoms with van der Waals surface area (Å²) in [6.07, 6.45) is 0.709. The maximum absolute atomic E-state index is 12.4. The van der Waals surface area contributed by atoms with Crippen LogP contribution in [0.4, 0.5) is 0 Å².